The second kappa shape index (κ2) is 13.0. The molecule has 186 valence electrons. The van der Waals surface area contributed by atoms with Crippen LogP contribution in [0.4, 0.5) is 0 Å². The summed E-state index contributed by atoms with van der Waals surface area (Å²) in [5.74, 6) is 2.07. The van der Waals surface area contributed by atoms with Crippen LogP contribution in [0.3, 0.4) is 0 Å². The molecule has 0 fully saturated rings. The van der Waals surface area contributed by atoms with Crippen LogP contribution in [0.15, 0.2) is 73.1 Å². The lowest BCUT2D eigenvalue weighted by Gasteiger charge is -2.10. The number of hydrogen-bond acceptors (Lipinski definition) is 6. The van der Waals surface area contributed by atoms with E-state index < -0.39 is 0 Å². The first kappa shape index (κ1) is 25.7. The van der Waals surface area contributed by atoms with Gasteiger partial charge < -0.3 is 15.2 Å². The van der Waals surface area contributed by atoms with E-state index in [1.165, 1.54) is 4.88 Å². The van der Waals surface area contributed by atoms with Crippen molar-refractivity contribution in [2.75, 3.05) is 19.1 Å². The van der Waals surface area contributed by atoms with Crippen LogP contribution in [0.1, 0.15) is 29.7 Å². The number of unbranched alkanes of at least 4 members (excludes halogenated alkanes) is 2. The van der Waals surface area contributed by atoms with Crippen molar-refractivity contribution in [2.24, 2.45) is 5.73 Å². The number of aryl methyl sites for hydroxylation is 1. The van der Waals surface area contributed by atoms with Gasteiger partial charge in [0.25, 0.3) is 0 Å². The highest BCUT2D eigenvalue weighted by Crippen LogP contribution is 2.34. The number of nitrogens with one attached hydrogen (secondary N) is 1. The lowest BCUT2D eigenvalue weighted by Crippen LogP contribution is -2.13. The third kappa shape index (κ3) is 6.83. The standard InChI is InChI=1S/C28H29ClN4O2S/c29-15-14-25-26(33-28(36-25)21-7-6-16-32-19-21)20-10-12-22(13-11-20)34-17-4-1-5-18-35-24-9-3-2-8-23(24)27(30)31/h2-3,6-13,16,19H,1,4-5,14-15,17-18H2,(H3,30,31). The molecular weight excluding hydrogens is 492 g/mol. The molecule has 0 aliphatic carbocycles. The van der Waals surface area contributed by atoms with Crippen LogP contribution >= 0.6 is 22.9 Å². The van der Waals surface area contributed by atoms with E-state index in [1.54, 1.807) is 23.6 Å². The van der Waals surface area contributed by atoms with E-state index >= 15 is 0 Å². The fourth-order valence-corrected chi connectivity index (χ4v) is 5.10. The summed E-state index contributed by atoms with van der Waals surface area (Å²) in [6, 6.07) is 19.4. The average Bonchev–Trinajstić information content (AvgIpc) is 3.33. The Balaban J connectivity index is 1.25. The number of ether oxygens (including phenoxy) is 2. The van der Waals surface area contributed by atoms with Crippen LogP contribution in [0.2, 0.25) is 0 Å². The number of nitrogen functional groups attached to an aromatic ring is 1. The summed E-state index contributed by atoms with van der Waals surface area (Å²) >= 11 is 7.72. The van der Waals surface area contributed by atoms with Crippen molar-refractivity contribution in [1.82, 2.24) is 9.97 Å². The molecule has 3 N–H and O–H groups in total. The Morgan fingerprint density at radius 1 is 0.917 bits per heavy atom. The van der Waals surface area contributed by atoms with Gasteiger partial charge in [0.2, 0.25) is 0 Å². The summed E-state index contributed by atoms with van der Waals surface area (Å²) in [6.07, 6.45) is 7.19. The van der Waals surface area contributed by atoms with Crippen LogP contribution < -0.4 is 15.2 Å². The number of alkyl halides is 1. The molecule has 4 aromatic rings. The predicted molar refractivity (Wildman–Crippen MR) is 148 cm³/mol. The minimum atomic E-state index is 0.0176. The predicted octanol–water partition coefficient (Wildman–Crippen LogP) is 6.57. The van der Waals surface area contributed by atoms with Crippen molar-refractivity contribution in [3.8, 4) is 33.3 Å². The largest absolute Gasteiger partial charge is 0.494 e. The number of benzene rings is 2. The smallest absolute Gasteiger partial charge is 0.130 e. The Hall–Kier alpha value is -3.42. The van der Waals surface area contributed by atoms with E-state index in [1.807, 2.05) is 48.7 Å². The second-order valence-corrected chi connectivity index (χ2v) is 9.62. The van der Waals surface area contributed by atoms with Gasteiger partial charge in [-0.1, -0.05) is 12.1 Å². The summed E-state index contributed by atoms with van der Waals surface area (Å²) in [6.45, 7) is 1.22. The molecule has 0 spiro atoms. The zero-order valence-electron chi connectivity index (χ0n) is 20.0. The van der Waals surface area contributed by atoms with Crippen molar-refractivity contribution in [3.05, 3.63) is 83.5 Å². The number of nitrogens with two attached hydrogens (primary N) is 1. The number of halogens is 1. The second-order valence-electron chi connectivity index (χ2n) is 8.16. The van der Waals surface area contributed by atoms with E-state index in [0.717, 1.165) is 53.3 Å². The number of thiazole rings is 1. The lowest BCUT2D eigenvalue weighted by atomic mass is 10.1. The molecule has 0 bridgehead atoms. The Morgan fingerprint density at radius 3 is 2.42 bits per heavy atom. The molecule has 0 saturated heterocycles. The molecule has 0 saturated carbocycles. The summed E-state index contributed by atoms with van der Waals surface area (Å²) in [4.78, 5) is 10.3. The summed E-state index contributed by atoms with van der Waals surface area (Å²) in [5, 5.41) is 8.58. The van der Waals surface area contributed by atoms with Crippen molar-refractivity contribution in [2.45, 2.75) is 25.7 Å². The Labute approximate surface area is 220 Å². The van der Waals surface area contributed by atoms with Gasteiger partial charge >= 0.3 is 0 Å². The van der Waals surface area contributed by atoms with Gasteiger partial charge in [0, 0.05) is 34.3 Å². The minimum absolute atomic E-state index is 0.0176. The maximum atomic E-state index is 7.63. The molecule has 2 aromatic carbocycles. The number of aromatic nitrogens is 2. The van der Waals surface area contributed by atoms with E-state index in [9.17, 15) is 0 Å². The Kier molecular flexibility index (Phi) is 9.30. The fourth-order valence-electron chi connectivity index (χ4n) is 3.72. The molecule has 0 unspecified atom stereocenters. The number of rotatable bonds is 13. The van der Waals surface area contributed by atoms with Crippen molar-refractivity contribution in [1.29, 1.82) is 5.41 Å². The van der Waals surface area contributed by atoms with Gasteiger partial charge in [-0.25, -0.2) is 4.98 Å². The summed E-state index contributed by atoms with van der Waals surface area (Å²) in [5.41, 5.74) is 9.27. The molecule has 0 aliphatic rings. The number of amidine groups is 1. The number of hydrogen-bond donors (Lipinski definition) is 2. The maximum Gasteiger partial charge on any atom is 0.130 e. The van der Waals surface area contributed by atoms with Gasteiger partial charge in [-0.3, -0.25) is 10.4 Å². The van der Waals surface area contributed by atoms with Gasteiger partial charge in [-0.15, -0.1) is 22.9 Å². The SMILES string of the molecule is N=C(N)c1ccccc1OCCCCCOc1ccc(-c2nc(-c3cccnc3)sc2CCCl)cc1. The first-order chi connectivity index (χ1) is 17.7. The van der Waals surface area contributed by atoms with Gasteiger partial charge in [-0.05, 0) is 74.2 Å². The Bertz CT molecular complexity index is 1260. The molecule has 36 heavy (non-hydrogen) atoms. The minimum Gasteiger partial charge on any atom is -0.494 e. The normalized spacial score (nSPS) is 10.8. The molecule has 8 heteroatoms. The highest BCUT2D eigenvalue weighted by Gasteiger charge is 2.14. The van der Waals surface area contributed by atoms with E-state index in [0.29, 0.717) is 30.4 Å². The highest BCUT2D eigenvalue weighted by atomic mass is 35.5. The Morgan fingerprint density at radius 2 is 1.69 bits per heavy atom. The third-order valence-corrected chi connectivity index (χ3v) is 6.90. The van der Waals surface area contributed by atoms with Crippen LogP contribution in [0, 0.1) is 5.41 Å². The van der Waals surface area contributed by atoms with Crippen molar-refractivity contribution in [3.63, 3.8) is 0 Å². The van der Waals surface area contributed by atoms with Crippen LogP contribution in [-0.2, 0) is 6.42 Å². The van der Waals surface area contributed by atoms with E-state index in [4.69, 9.17) is 37.2 Å². The monoisotopic (exact) mass is 520 g/mol. The van der Waals surface area contributed by atoms with Crippen LogP contribution in [-0.4, -0.2) is 34.9 Å². The highest BCUT2D eigenvalue weighted by molar-refractivity contribution is 7.15. The average molecular weight is 521 g/mol. The maximum absolute atomic E-state index is 7.63. The first-order valence-electron chi connectivity index (χ1n) is 11.9. The van der Waals surface area contributed by atoms with Gasteiger partial charge in [0.1, 0.15) is 22.3 Å². The first-order valence-corrected chi connectivity index (χ1v) is 13.3. The molecule has 0 radical (unpaired) electrons. The fraction of sp³-hybridized carbons (Fsp3) is 0.250. The van der Waals surface area contributed by atoms with Crippen LogP contribution in [0.5, 0.6) is 11.5 Å². The van der Waals surface area contributed by atoms with E-state index in [-0.39, 0.29) is 5.84 Å². The zero-order valence-corrected chi connectivity index (χ0v) is 21.5. The quantitative estimate of drug-likeness (QED) is 0.0900. The van der Waals surface area contributed by atoms with Crippen molar-refractivity contribution >= 4 is 28.8 Å². The molecule has 4 rings (SSSR count). The topological polar surface area (TPSA) is 94.1 Å². The molecule has 0 atom stereocenters. The van der Waals surface area contributed by atoms with Gasteiger partial charge in [0.05, 0.1) is 24.5 Å². The number of pyridine rings is 1. The number of para-hydroxylation sites is 1. The summed E-state index contributed by atoms with van der Waals surface area (Å²) in [7, 11) is 0. The molecule has 0 amide bonds. The third-order valence-electron chi connectivity index (χ3n) is 5.55. The molecule has 2 aromatic heterocycles. The van der Waals surface area contributed by atoms with Crippen molar-refractivity contribution < 1.29 is 9.47 Å². The van der Waals surface area contributed by atoms with Gasteiger partial charge in [-0.2, -0.15) is 0 Å². The number of nitrogens with zero attached hydrogens (tertiary/aromatic N) is 2. The molecule has 0 aliphatic heterocycles. The zero-order chi connectivity index (χ0) is 25.2. The van der Waals surface area contributed by atoms with Gasteiger partial charge in [0.15, 0.2) is 0 Å². The summed E-state index contributed by atoms with van der Waals surface area (Å²) < 4.78 is 11.7. The lowest BCUT2D eigenvalue weighted by molar-refractivity contribution is 0.279. The molecule has 2 heterocycles. The van der Waals surface area contributed by atoms with E-state index in [2.05, 4.69) is 17.1 Å². The molecule has 6 nitrogen and oxygen atoms in total. The molecular formula is C28H29ClN4O2S. The van der Waals surface area contributed by atoms with Crippen LogP contribution in [0.25, 0.3) is 21.8 Å².